The zero-order chi connectivity index (χ0) is 14.8. The van der Waals surface area contributed by atoms with Crippen molar-refractivity contribution in [1.29, 1.82) is 0 Å². The highest BCUT2D eigenvalue weighted by molar-refractivity contribution is 5.81. The topological polar surface area (TPSA) is 63.1 Å². The van der Waals surface area contributed by atoms with E-state index in [4.69, 9.17) is 0 Å². The fourth-order valence-electron chi connectivity index (χ4n) is 1.76. The standard InChI is InChI=1S/C14H23N3O2/c1-9-10(8-16-13(19)14(2,3)4)11(18)7-12(15-5)17(9)6/h7,15H,8H2,1-6H3,(H,16,19). The van der Waals surface area contributed by atoms with Crippen LogP contribution in [0.5, 0.6) is 0 Å². The van der Waals surface area contributed by atoms with Gasteiger partial charge >= 0.3 is 0 Å². The normalized spacial score (nSPS) is 11.3. The molecule has 106 valence electrons. The fourth-order valence-corrected chi connectivity index (χ4v) is 1.76. The summed E-state index contributed by atoms with van der Waals surface area (Å²) in [4.78, 5) is 23.9. The number of aromatic nitrogens is 1. The van der Waals surface area contributed by atoms with E-state index in [0.29, 0.717) is 5.56 Å². The lowest BCUT2D eigenvalue weighted by Gasteiger charge is -2.19. The average molecular weight is 265 g/mol. The largest absolute Gasteiger partial charge is 0.374 e. The molecular weight excluding hydrogens is 242 g/mol. The van der Waals surface area contributed by atoms with Gasteiger partial charge in [-0.3, -0.25) is 9.59 Å². The highest BCUT2D eigenvalue weighted by Crippen LogP contribution is 2.14. The molecule has 0 atom stereocenters. The highest BCUT2D eigenvalue weighted by Gasteiger charge is 2.21. The summed E-state index contributed by atoms with van der Waals surface area (Å²) < 4.78 is 1.90. The summed E-state index contributed by atoms with van der Waals surface area (Å²) in [6.45, 7) is 7.67. The van der Waals surface area contributed by atoms with Crippen LogP contribution in [0.25, 0.3) is 0 Å². The van der Waals surface area contributed by atoms with Crippen molar-refractivity contribution >= 4 is 11.7 Å². The molecule has 0 aromatic carbocycles. The molecule has 19 heavy (non-hydrogen) atoms. The molecule has 0 unspecified atom stereocenters. The molecule has 5 heteroatoms. The van der Waals surface area contributed by atoms with Crippen LogP contribution in [0.3, 0.4) is 0 Å². The van der Waals surface area contributed by atoms with Crippen LogP contribution >= 0.6 is 0 Å². The first-order valence-electron chi connectivity index (χ1n) is 6.34. The number of carbonyl (C=O) groups is 1. The predicted octanol–water partition coefficient (Wildman–Crippen LogP) is 1.40. The number of nitrogens with zero attached hydrogens (tertiary/aromatic N) is 1. The number of carbonyl (C=O) groups excluding carboxylic acids is 1. The lowest BCUT2D eigenvalue weighted by atomic mass is 9.95. The van der Waals surface area contributed by atoms with Crippen LogP contribution in [0, 0.1) is 12.3 Å². The van der Waals surface area contributed by atoms with Crippen molar-refractivity contribution in [2.24, 2.45) is 12.5 Å². The van der Waals surface area contributed by atoms with E-state index in [0.717, 1.165) is 11.5 Å². The minimum atomic E-state index is -0.454. The first kappa shape index (κ1) is 15.3. The Kier molecular flexibility index (Phi) is 4.39. The maximum Gasteiger partial charge on any atom is 0.225 e. The Bertz CT molecular complexity index is 539. The monoisotopic (exact) mass is 265 g/mol. The molecule has 0 saturated carbocycles. The minimum Gasteiger partial charge on any atom is -0.374 e. The van der Waals surface area contributed by atoms with Gasteiger partial charge in [0.1, 0.15) is 5.82 Å². The van der Waals surface area contributed by atoms with Gasteiger partial charge < -0.3 is 15.2 Å². The van der Waals surface area contributed by atoms with Gasteiger partial charge in [0.2, 0.25) is 5.91 Å². The Hall–Kier alpha value is -1.78. The number of pyridine rings is 1. The molecule has 0 aliphatic carbocycles. The van der Waals surface area contributed by atoms with E-state index in [9.17, 15) is 9.59 Å². The van der Waals surface area contributed by atoms with Crippen molar-refractivity contribution in [2.75, 3.05) is 12.4 Å². The molecule has 2 N–H and O–H groups in total. The smallest absolute Gasteiger partial charge is 0.225 e. The Balaban J connectivity index is 3.01. The van der Waals surface area contributed by atoms with Gasteiger partial charge in [0.05, 0.1) is 0 Å². The summed E-state index contributed by atoms with van der Waals surface area (Å²) in [5.74, 6) is 0.694. The molecule has 0 spiro atoms. The van der Waals surface area contributed by atoms with E-state index in [2.05, 4.69) is 10.6 Å². The zero-order valence-corrected chi connectivity index (χ0v) is 12.5. The van der Waals surface area contributed by atoms with Gasteiger partial charge in [-0.2, -0.15) is 0 Å². The SMILES string of the molecule is CNc1cc(=O)c(CNC(=O)C(C)(C)C)c(C)n1C. The molecule has 0 bridgehead atoms. The number of nitrogens with one attached hydrogen (secondary N) is 2. The molecule has 1 amide bonds. The molecule has 1 aromatic heterocycles. The number of amides is 1. The van der Waals surface area contributed by atoms with Crippen molar-refractivity contribution in [3.63, 3.8) is 0 Å². The summed E-state index contributed by atoms with van der Waals surface area (Å²) in [5, 5.41) is 5.78. The fraction of sp³-hybridized carbons (Fsp3) is 0.571. The zero-order valence-electron chi connectivity index (χ0n) is 12.5. The molecule has 0 aliphatic heterocycles. The quantitative estimate of drug-likeness (QED) is 0.868. The second-order valence-corrected chi connectivity index (χ2v) is 5.70. The number of anilines is 1. The maximum atomic E-state index is 12.0. The van der Waals surface area contributed by atoms with Gasteiger partial charge in [0, 0.05) is 43.4 Å². The molecule has 0 fully saturated rings. The van der Waals surface area contributed by atoms with E-state index < -0.39 is 5.41 Å². The lowest BCUT2D eigenvalue weighted by Crippen LogP contribution is -2.36. The number of rotatable bonds is 3. The molecule has 1 rings (SSSR count). The predicted molar refractivity (Wildman–Crippen MR) is 77.3 cm³/mol. The second-order valence-electron chi connectivity index (χ2n) is 5.70. The first-order chi connectivity index (χ1) is 8.68. The Morgan fingerprint density at radius 1 is 1.37 bits per heavy atom. The first-order valence-corrected chi connectivity index (χ1v) is 6.34. The van der Waals surface area contributed by atoms with E-state index in [1.54, 1.807) is 13.1 Å². The van der Waals surface area contributed by atoms with E-state index in [1.165, 1.54) is 0 Å². The van der Waals surface area contributed by atoms with Gasteiger partial charge in [0.15, 0.2) is 5.43 Å². The van der Waals surface area contributed by atoms with Crippen molar-refractivity contribution < 1.29 is 4.79 Å². The second kappa shape index (κ2) is 5.47. The Morgan fingerprint density at radius 3 is 2.42 bits per heavy atom. The molecule has 0 radical (unpaired) electrons. The molecule has 1 heterocycles. The molecule has 0 saturated heterocycles. The van der Waals surface area contributed by atoms with Crippen LogP contribution in [-0.4, -0.2) is 17.5 Å². The van der Waals surface area contributed by atoms with Gasteiger partial charge in [-0.1, -0.05) is 20.8 Å². The van der Waals surface area contributed by atoms with E-state index in [-0.39, 0.29) is 17.9 Å². The van der Waals surface area contributed by atoms with Gasteiger partial charge in [-0.05, 0) is 6.92 Å². The third-order valence-corrected chi connectivity index (χ3v) is 3.23. The Labute approximate surface area is 114 Å². The highest BCUT2D eigenvalue weighted by atomic mass is 16.2. The molecule has 0 aliphatic rings. The summed E-state index contributed by atoms with van der Waals surface area (Å²) >= 11 is 0. The third-order valence-electron chi connectivity index (χ3n) is 3.23. The van der Waals surface area contributed by atoms with Crippen LogP contribution in [0.15, 0.2) is 10.9 Å². The lowest BCUT2D eigenvalue weighted by molar-refractivity contribution is -0.128. The van der Waals surface area contributed by atoms with Crippen molar-refractivity contribution in [3.05, 3.63) is 27.5 Å². The van der Waals surface area contributed by atoms with Crippen LogP contribution in [0.2, 0.25) is 0 Å². The van der Waals surface area contributed by atoms with Crippen molar-refractivity contribution in [1.82, 2.24) is 9.88 Å². The summed E-state index contributed by atoms with van der Waals surface area (Å²) in [7, 11) is 3.66. The van der Waals surface area contributed by atoms with Crippen LogP contribution in [0.1, 0.15) is 32.0 Å². The molecular formula is C14H23N3O2. The van der Waals surface area contributed by atoms with Gasteiger partial charge in [-0.25, -0.2) is 0 Å². The molecule has 5 nitrogen and oxygen atoms in total. The minimum absolute atomic E-state index is 0.0610. The van der Waals surface area contributed by atoms with Crippen LogP contribution < -0.4 is 16.1 Å². The number of hydrogen-bond acceptors (Lipinski definition) is 3. The summed E-state index contributed by atoms with van der Waals surface area (Å²) in [6, 6.07) is 1.55. The van der Waals surface area contributed by atoms with Crippen LogP contribution in [-0.2, 0) is 18.4 Å². The Morgan fingerprint density at radius 2 is 1.95 bits per heavy atom. The third kappa shape index (κ3) is 3.36. The van der Waals surface area contributed by atoms with Crippen molar-refractivity contribution in [3.8, 4) is 0 Å². The maximum absolute atomic E-state index is 12.0. The van der Waals surface area contributed by atoms with Crippen LogP contribution in [0.4, 0.5) is 5.82 Å². The summed E-state index contributed by atoms with van der Waals surface area (Å²) in [5.41, 5.74) is 0.962. The van der Waals surface area contributed by atoms with Crippen molar-refractivity contribution in [2.45, 2.75) is 34.2 Å². The summed E-state index contributed by atoms with van der Waals surface area (Å²) in [6.07, 6.45) is 0. The van der Waals surface area contributed by atoms with E-state index >= 15 is 0 Å². The van der Waals surface area contributed by atoms with E-state index in [1.807, 2.05) is 39.3 Å². The van der Waals surface area contributed by atoms with Gasteiger partial charge in [0.25, 0.3) is 0 Å². The molecule has 1 aromatic rings. The average Bonchev–Trinajstić information content (AvgIpc) is 2.32. The van der Waals surface area contributed by atoms with Gasteiger partial charge in [-0.15, -0.1) is 0 Å². The number of hydrogen-bond donors (Lipinski definition) is 2.